The lowest BCUT2D eigenvalue weighted by atomic mass is 10.0. The normalized spacial score (nSPS) is 21.8. The van der Waals surface area contributed by atoms with E-state index in [9.17, 15) is 46.5 Å². The third-order valence-corrected chi connectivity index (χ3v) is 21.0. The molecule has 0 spiro atoms. The number of rotatable bonds is 25. The second kappa shape index (κ2) is 30.5. The van der Waals surface area contributed by atoms with E-state index in [0.29, 0.717) is 110 Å². The summed E-state index contributed by atoms with van der Waals surface area (Å²) in [4.78, 5) is 59.0. The largest absolute Gasteiger partial charge is 0.484 e. The number of nitriles is 2. The van der Waals surface area contributed by atoms with E-state index in [0.717, 1.165) is 74.6 Å². The van der Waals surface area contributed by atoms with Crippen LogP contribution in [0.1, 0.15) is 97.0 Å². The van der Waals surface area contributed by atoms with Gasteiger partial charge in [0.1, 0.15) is 23.7 Å². The molecule has 0 saturated carbocycles. The topological polar surface area (TPSA) is 312 Å². The summed E-state index contributed by atoms with van der Waals surface area (Å²) < 4.78 is 72.6. The van der Waals surface area contributed by atoms with Crippen LogP contribution in [0.3, 0.4) is 0 Å². The first-order chi connectivity index (χ1) is 43.4. The quantitative estimate of drug-likeness (QED) is 0.0434. The zero-order valence-electron chi connectivity index (χ0n) is 50.1. The van der Waals surface area contributed by atoms with Crippen molar-refractivity contribution in [2.24, 2.45) is 0 Å². The molecule has 4 saturated heterocycles. The Kier molecular flexibility index (Phi) is 22.4. The molecular weight excluding hydrogens is 1240 g/mol. The number of piperazine rings is 2. The third-order valence-electron chi connectivity index (χ3n) is 17.5. The van der Waals surface area contributed by atoms with Crippen LogP contribution in [0.4, 0.5) is 9.59 Å². The van der Waals surface area contributed by atoms with Crippen molar-refractivity contribution < 1.29 is 45.5 Å². The summed E-state index contributed by atoms with van der Waals surface area (Å²) in [6.07, 6.45) is 3.71. The number of amides is 6. The molecule has 6 atom stereocenters. The van der Waals surface area contributed by atoms with Gasteiger partial charge in [-0.3, -0.25) is 19.4 Å². The Balaban J connectivity index is 0.549. The van der Waals surface area contributed by atoms with Gasteiger partial charge in [0.05, 0.1) is 45.1 Å². The van der Waals surface area contributed by atoms with Crippen LogP contribution in [0.2, 0.25) is 10.0 Å². The van der Waals surface area contributed by atoms with Gasteiger partial charge in [0.25, 0.3) is 0 Å². The predicted molar refractivity (Wildman–Crippen MR) is 337 cm³/mol. The number of hydrogen-bond acceptors (Lipinski definition) is 16. The fourth-order valence-corrected chi connectivity index (χ4v) is 15.9. The van der Waals surface area contributed by atoms with E-state index in [-0.39, 0.29) is 84.8 Å². The highest BCUT2D eigenvalue weighted by molar-refractivity contribution is 7.89. The summed E-state index contributed by atoms with van der Waals surface area (Å²) in [5, 5.41) is 38.4. The zero-order valence-corrected chi connectivity index (χ0v) is 53.3. The number of fused-ring (bicyclic) bond motifs is 2. The maximum atomic E-state index is 13.5. The van der Waals surface area contributed by atoms with Crippen molar-refractivity contribution in [2.75, 3.05) is 105 Å². The fourth-order valence-electron chi connectivity index (χ4n) is 12.9. The molecule has 0 radical (unpaired) electrons. The van der Waals surface area contributed by atoms with Crippen LogP contribution in [-0.2, 0) is 42.5 Å². The van der Waals surface area contributed by atoms with Gasteiger partial charge in [0.15, 0.2) is 0 Å². The molecule has 482 valence electrons. The van der Waals surface area contributed by atoms with Gasteiger partial charge in [-0.15, -0.1) is 0 Å². The van der Waals surface area contributed by atoms with Gasteiger partial charge in [0.2, 0.25) is 31.9 Å². The van der Waals surface area contributed by atoms with Gasteiger partial charge in [-0.2, -0.15) is 10.5 Å². The SMILES string of the molecule is N#Cc1cc(Cl)cc2c1CC(N1CCNCC1)[C@H]2Oc1ccc(S(=O)(=O)N[C@@H]2CCN(C(=O)CCCNC(=O)NCCCCNC(=O)NCCCC(=O)N3CC[C@@H](NS(=O)(=O)c4ccc(O[C@H]5c6cc(Cl)cc(C#N)c6C[C@@H]5N5CCNCC5)cc4)C3)C2)cc1. The van der Waals surface area contributed by atoms with E-state index < -0.39 is 44.3 Å². The summed E-state index contributed by atoms with van der Waals surface area (Å²) >= 11 is 12.9. The molecule has 6 amide bonds. The zero-order chi connectivity index (χ0) is 63.4. The number of likely N-dealkylation sites (tertiary alicyclic amines) is 2. The van der Waals surface area contributed by atoms with Crippen LogP contribution in [0.25, 0.3) is 0 Å². The summed E-state index contributed by atoms with van der Waals surface area (Å²) in [6.45, 7) is 9.18. The second-order valence-electron chi connectivity index (χ2n) is 23.6. The van der Waals surface area contributed by atoms with Gasteiger partial charge >= 0.3 is 12.1 Å². The molecule has 4 aromatic rings. The van der Waals surface area contributed by atoms with Crippen molar-refractivity contribution in [2.45, 2.75) is 110 Å². The third kappa shape index (κ3) is 16.8. The van der Waals surface area contributed by atoms with Gasteiger partial charge < -0.3 is 51.2 Å². The molecule has 0 bridgehead atoms. The maximum Gasteiger partial charge on any atom is 0.314 e. The molecule has 4 heterocycles. The molecule has 90 heavy (non-hydrogen) atoms. The Labute approximate surface area is 536 Å². The van der Waals surface area contributed by atoms with E-state index in [1.54, 1.807) is 46.2 Å². The minimum Gasteiger partial charge on any atom is -0.484 e. The first kappa shape index (κ1) is 66.1. The Morgan fingerprint density at radius 3 is 1.27 bits per heavy atom. The molecule has 4 fully saturated rings. The average molecular weight is 1310 g/mol. The van der Waals surface area contributed by atoms with E-state index in [1.165, 1.54) is 24.3 Å². The second-order valence-corrected chi connectivity index (χ2v) is 27.9. The lowest BCUT2D eigenvalue weighted by Crippen LogP contribution is -2.50. The molecule has 1 unspecified atom stereocenters. The van der Waals surface area contributed by atoms with Crippen molar-refractivity contribution in [1.82, 2.24) is 60.9 Å². The monoisotopic (exact) mass is 1310 g/mol. The number of ether oxygens (including phenoxy) is 2. The van der Waals surface area contributed by atoms with Crippen molar-refractivity contribution in [1.29, 1.82) is 10.5 Å². The highest BCUT2D eigenvalue weighted by atomic mass is 35.5. The van der Waals surface area contributed by atoms with Gasteiger partial charge in [-0.25, -0.2) is 35.9 Å². The summed E-state index contributed by atoms with van der Waals surface area (Å²) in [5.74, 6) is 0.704. The van der Waals surface area contributed by atoms with Gasteiger partial charge in [0, 0.05) is 140 Å². The lowest BCUT2D eigenvalue weighted by Gasteiger charge is -2.36. The Morgan fingerprint density at radius 2 is 0.900 bits per heavy atom. The standard InChI is InChI=1S/C62H78Cl2N14O10S2/c63-43-31-41(37-65)51-35-55(75-27-21-67-22-28-75)59(53(51)33-43)87-47-7-11-49(12-8-47)89(83,84)73-45-15-25-77(39-45)57(79)5-3-19-71-61(81)69-17-1-2-18-70-62(82)72-20-4-6-58(80)78-26-16-46(40-78)74-90(85,86)50-13-9-48(10-14-50)88-60-54-34-44(64)32-42(38-66)52(54)36-56(60)76-29-23-68-24-30-76/h7-14,31-34,45-46,55-56,59-60,67-68,73-74H,1-6,15-30,35-36,39-40H2,(H2,69,71,81)(H2,70,72,82)/t45-,46-,55+,56?,59+,60+/m1/s1. The number of carbonyl (C=O) groups excluding carboxylic acids is 4. The number of unbranched alkanes of at least 4 members (excludes halogenated alkanes) is 1. The van der Waals surface area contributed by atoms with Crippen molar-refractivity contribution in [3.63, 3.8) is 0 Å². The van der Waals surface area contributed by atoms with E-state index in [4.69, 9.17) is 32.7 Å². The molecule has 4 aliphatic heterocycles. The number of hydrogen-bond donors (Lipinski definition) is 8. The lowest BCUT2D eigenvalue weighted by molar-refractivity contribution is -0.131. The molecule has 24 nitrogen and oxygen atoms in total. The van der Waals surface area contributed by atoms with Gasteiger partial charge in [-0.1, -0.05) is 23.2 Å². The first-order valence-electron chi connectivity index (χ1n) is 31.0. The fraction of sp³-hybridized carbons (Fsp3) is 0.516. The summed E-state index contributed by atoms with van der Waals surface area (Å²) in [7, 11) is -7.85. The van der Waals surface area contributed by atoms with Crippen LogP contribution in [0.15, 0.2) is 82.6 Å². The number of nitrogens with zero attached hydrogens (tertiary/aromatic N) is 6. The van der Waals surface area contributed by atoms with Gasteiger partial charge in [-0.05, 0) is 146 Å². The molecule has 8 N–H and O–H groups in total. The first-order valence-corrected chi connectivity index (χ1v) is 34.7. The minimum atomic E-state index is -3.92. The highest BCUT2D eigenvalue weighted by Gasteiger charge is 2.42. The number of benzene rings is 4. The smallest absolute Gasteiger partial charge is 0.314 e. The predicted octanol–water partition coefficient (Wildman–Crippen LogP) is 4.03. The maximum absolute atomic E-state index is 13.5. The summed E-state index contributed by atoms with van der Waals surface area (Å²) in [5.41, 5.74) is 4.61. The number of urea groups is 2. The van der Waals surface area contributed by atoms with Crippen molar-refractivity contribution in [3.05, 3.63) is 116 Å². The Hall–Kier alpha value is -6.82. The summed E-state index contributed by atoms with van der Waals surface area (Å²) in [6, 6.07) is 22.4. The molecule has 0 aromatic heterocycles. The highest BCUT2D eigenvalue weighted by Crippen LogP contribution is 2.43. The molecule has 28 heteroatoms. The van der Waals surface area contributed by atoms with Crippen LogP contribution in [0, 0.1) is 22.7 Å². The van der Waals surface area contributed by atoms with Crippen LogP contribution in [0.5, 0.6) is 11.5 Å². The number of halogens is 2. The van der Waals surface area contributed by atoms with Crippen molar-refractivity contribution in [3.8, 4) is 23.6 Å². The average Bonchev–Trinajstić information content (AvgIpc) is 1.66. The van der Waals surface area contributed by atoms with Crippen LogP contribution >= 0.6 is 23.2 Å². The molecular formula is C62H78Cl2N14O10S2. The Morgan fingerprint density at radius 1 is 0.533 bits per heavy atom. The number of sulfonamides is 2. The minimum absolute atomic E-state index is 0.0240. The van der Waals surface area contributed by atoms with Crippen LogP contribution < -0.4 is 50.8 Å². The Bertz CT molecular complexity index is 3320. The van der Waals surface area contributed by atoms with E-state index >= 15 is 0 Å². The van der Waals surface area contributed by atoms with E-state index in [1.807, 2.05) is 12.1 Å². The molecule has 4 aromatic carbocycles. The molecule has 2 aliphatic carbocycles. The van der Waals surface area contributed by atoms with Crippen LogP contribution in [-0.4, -0.2) is 189 Å². The van der Waals surface area contributed by atoms with E-state index in [2.05, 4.69) is 63.3 Å². The number of carbonyl (C=O) groups is 4. The number of nitrogens with one attached hydrogen (secondary N) is 8. The molecule has 6 aliphatic rings. The van der Waals surface area contributed by atoms with Crippen molar-refractivity contribution >= 4 is 67.1 Å². The molecule has 10 rings (SSSR count).